The summed E-state index contributed by atoms with van der Waals surface area (Å²) in [5.41, 5.74) is 1.86. The van der Waals surface area contributed by atoms with E-state index in [2.05, 4.69) is 0 Å². The van der Waals surface area contributed by atoms with Crippen LogP contribution in [-0.4, -0.2) is 18.6 Å². The summed E-state index contributed by atoms with van der Waals surface area (Å²) in [6, 6.07) is 5.18. The van der Waals surface area contributed by atoms with Gasteiger partial charge in [-0.1, -0.05) is 36.6 Å². The average Bonchev–Trinajstić information content (AvgIpc) is 3.07. The molecule has 3 rings (SSSR count). The lowest BCUT2D eigenvalue weighted by molar-refractivity contribution is -0.112. The summed E-state index contributed by atoms with van der Waals surface area (Å²) >= 11 is 6.03. The van der Waals surface area contributed by atoms with Crippen molar-refractivity contribution in [1.29, 1.82) is 0 Å². The van der Waals surface area contributed by atoms with E-state index in [-0.39, 0.29) is 12.5 Å². The topological polar surface area (TPSA) is 46.6 Å². The molecule has 5 heteroatoms. The highest BCUT2D eigenvalue weighted by Gasteiger charge is 2.38. The predicted molar refractivity (Wildman–Crippen MR) is 85.9 cm³/mol. The van der Waals surface area contributed by atoms with E-state index >= 15 is 0 Å². The molecule has 4 nitrogen and oxygen atoms in total. The van der Waals surface area contributed by atoms with Gasteiger partial charge in [0, 0.05) is 16.2 Å². The maximum Gasteiger partial charge on any atom is 0.421 e. The monoisotopic (exact) mass is 319 g/mol. The van der Waals surface area contributed by atoms with Crippen LogP contribution in [0.4, 0.5) is 10.5 Å². The van der Waals surface area contributed by atoms with Gasteiger partial charge in [-0.05, 0) is 37.8 Å². The van der Waals surface area contributed by atoms with Crippen LogP contribution >= 0.6 is 11.6 Å². The zero-order chi connectivity index (χ0) is 15.7. The molecule has 0 N–H and O–H groups in total. The Labute approximate surface area is 134 Å². The zero-order valence-corrected chi connectivity index (χ0v) is 13.2. The van der Waals surface area contributed by atoms with Gasteiger partial charge in [0.05, 0.1) is 12.3 Å². The Balaban J connectivity index is 2.03. The van der Waals surface area contributed by atoms with Crippen molar-refractivity contribution in [3.8, 4) is 0 Å². The highest BCUT2D eigenvalue weighted by Crippen LogP contribution is 2.40. The summed E-state index contributed by atoms with van der Waals surface area (Å²) in [7, 11) is 0. The van der Waals surface area contributed by atoms with Crippen LogP contribution in [0.2, 0.25) is 5.02 Å². The van der Waals surface area contributed by atoms with E-state index in [4.69, 9.17) is 16.3 Å². The number of benzene rings is 1. The fourth-order valence-corrected chi connectivity index (χ4v) is 3.32. The molecule has 1 aromatic rings. The second-order valence-corrected chi connectivity index (χ2v) is 6.06. The SMILES string of the molecule is CCOC(=O)N1C(=O)/C(=C/C2CCCC2)c2ccc(Cl)cc21. The summed E-state index contributed by atoms with van der Waals surface area (Å²) in [5, 5.41) is 0.489. The summed E-state index contributed by atoms with van der Waals surface area (Å²) in [5.74, 6) is 0.0900. The minimum absolute atomic E-state index is 0.222. The summed E-state index contributed by atoms with van der Waals surface area (Å²) in [4.78, 5) is 25.9. The molecule has 0 bridgehead atoms. The minimum atomic E-state index is -0.647. The Morgan fingerprint density at radius 2 is 2.14 bits per heavy atom. The van der Waals surface area contributed by atoms with Gasteiger partial charge < -0.3 is 4.74 Å². The van der Waals surface area contributed by atoms with Crippen molar-refractivity contribution in [3.05, 3.63) is 34.9 Å². The van der Waals surface area contributed by atoms with Crippen LogP contribution in [-0.2, 0) is 9.53 Å². The minimum Gasteiger partial charge on any atom is -0.449 e. The number of fused-ring (bicyclic) bond motifs is 1. The molecule has 0 atom stereocenters. The van der Waals surface area contributed by atoms with Gasteiger partial charge in [-0.15, -0.1) is 0 Å². The average molecular weight is 320 g/mol. The number of carbonyl (C=O) groups is 2. The first-order chi connectivity index (χ1) is 10.6. The summed E-state index contributed by atoms with van der Waals surface area (Å²) in [6.07, 6.45) is 5.94. The Morgan fingerprint density at radius 3 is 2.82 bits per heavy atom. The lowest BCUT2D eigenvalue weighted by Crippen LogP contribution is -2.34. The third-order valence-corrected chi connectivity index (χ3v) is 4.41. The van der Waals surface area contributed by atoms with Crippen LogP contribution in [0, 0.1) is 5.92 Å². The molecule has 0 spiro atoms. The molecule has 0 unspecified atom stereocenters. The highest BCUT2D eigenvalue weighted by molar-refractivity contribution is 6.40. The number of amides is 2. The first-order valence-corrected chi connectivity index (χ1v) is 8.02. The van der Waals surface area contributed by atoms with Gasteiger partial charge in [-0.2, -0.15) is 0 Å². The molecule has 0 radical (unpaired) electrons. The van der Waals surface area contributed by atoms with Crippen molar-refractivity contribution in [2.75, 3.05) is 11.5 Å². The lowest BCUT2D eigenvalue weighted by atomic mass is 10.00. The van der Waals surface area contributed by atoms with Gasteiger partial charge in [0.15, 0.2) is 0 Å². The maximum absolute atomic E-state index is 12.7. The van der Waals surface area contributed by atoms with Crippen LogP contribution in [0.15, 0.2) is 24.3 Å². The molecule has 116 valence electrons. The molecular formula is C17H18ClNO3. The van der Waals surface area contributed by atoms with E-state index in [1.165, 1.54) is 12.8 Å². The summed E-state index contributed by atoms with van der Waals surface area (Å²) in [6.45, 7) is 1.94. The highest BCUT2D eigenvalue weighted by atomic mass is 35.5. The van der Waals surface area contributed by atoms with Crippen LogP contribution in [0.1, 0.15) is 38.2 Å². The molecule has 1 saturated carbocycles. The van der Waals surface area contributed by atoms with Crippen LogP contribution < -0.4 is 4.90 Å². The van der Waals surface area contributed by atoms with Gasteiger partial charge in [0.1, 0.15) is 0 Å². The lowest BCUT2D eigenvalue weighted by Gasteiger charge is -2.14. The fourth-order valence-electron chi connectivity index (χ4n) is 3.15. The van der Waals surface area contributed by atoms with Crippen molar-refractivity contribution >= 4 is 34.9 Å². The molecule has 2 aliphatic rings. The van der Waals surface area contributed by atoms with Gasteiger partial charge in [0.2, 0.25) is 0 Å². The van der Waals surface area contributed by atoms with E-state index in [1.807, 2.05) is 6.08 Å². The largest absolute Gasteiger partial charge is 0.449 e. The molecule has 22 heavy (non-hydrogen) atoms. The smallest absolute Gasteiger partial charge is 0.421 e. The number of nitrogens with zero attached hydrogens (tertiary/aromatic N) is 1. The Morgan fingerprint density at radius 1 is 1.41 bits per heavy atom. The molecule has 1 aliphatic heterocycles. The third kappa shape index (κ3) is 2.63. The number of hydrogen-bond acceptors (Lipinski definition) is 3. The zero-order valence-electron chi connectivity index (χ0n) is 12.5. The van der Waals surface area contributed by atoms with Gasteiger partial charge >= 0.3 is 6.09 Å². The van der Waals surface area contributed by atoms with Crippen molar-refractivity contribution < 1.29 is 14.3 Å². The Hall–Kier alpha value is -1.81. The predicted octanol–water partition coefficient (Wildman–Crippen LogP) is 4.42. The standard InChI is InChI=1S/C17H18ClNO3/c1-2-22-17(21)19-15-10-12(18)7-8-13(15)14(16(19)20)9-11-5-3-4-6-11/h7-11H,2-6H2,1H3/b14-9+. The van der Waals surface area contributed by atoms with E-state index in [0.29, 0.717) is 22.2 Å². The third-order valence-electron chi connectivity index (χ3n) is 4.18. The quantitative estimate of drug-likeness (QED) is 0.758. The Kier molecular flexibility index (Phi) is 4.21. The van der Waals surface area contributed by atoms with Gasteiger partial charge in [0.25, 0.3) is 5.91 Å². The van der Waals surface area contributed by atoms with Crippen molar-refractivity contribution in [1.82, 2.24) is 0 Å². The molecule has 0 saturated heterocycles. The second kappa shape index (κ2) is 6.13. The van der Waals surface area contributed by atoms with Crippen molar-refractivity contribution in [3.63, 3.8) is 0 Å². The van der Waals surface area contributed by atoms with Crippen molar-refractivity contribution in [2.24, 2.45) is 5.92 Å². The normalized spacial score (nSPS) is 19.8. The number of anilines is 1. The fraction of sp³-hybridized carbons (Fsp3) is 0.412. The molecule has 1 fully saturated rings. The van der Waals surface area contributed by atoms with Crippen LogP contribution in [0.5, 0.6) is 0 Å². The molecule has 2 amide bonds. The molecule has 0 aromatic heterocycles. The number of imide groups is 1. The molecule has 1 aromatic carbocycles. The van der Waals surface area contributed by atoms with Crippen LogP contribution in [0.3, 0.4) is 0 Å². The molecule has 1 heterocycles. The maximum atomic E-state index is 12.7. The number of allylic oxidation sites excluding steroid dienone is 1. The van der Waals surface area contributed by atoms with E-state index in [9.17, 15) is 9.59 Å². The first-order valence-electron chi connectivity index (χ1n) is 7.64. The van der Waals surface area contributed by atoms with E-state index in [1.54, 1.807) is 25.1 Å². The number of hydrogen-bond donors (Lipinski definition) is 0. The number of ether oxygens (including phenoxy) is 1. The summed E-state index contributed by atoms with van der Waals surface area (Å²) < 4.78 is 5.01. The van der Waals surface area contributed by atoms with Crippen LogP contribution in [0.25, 0.3) is 5.57 Å². The number of rotatable bonds is 2. The number of halogens is 1. The van der Waals surface area contributed by atoms with Crippen molar-refractivity contribution in [2.45, 2.75) is 32.6 Å². The molecular weight excluding hydrogens is 302 g/mol. The van der Waals surface area contributed by atoms with E-state index < -0.39 is 6.09 Å². The van der Waals surface area contributed by atoms with E-state index in [0.717, 1.165) is 23.3 Å². The van der Waals surface area contributed by atoms with Gasteiger partial charge in [-0.3, -0.25) is 4.79 Å². The number of carbonyl (C=O) groups excluding carboxylic acids is 2. The molecule has 1 aliphatic carbocycles. The Bertz CT molecular complexity index is 647. The second-order valence-electron chi connectivity index (χ2n) is 5.63. The first kappa shape index (κ1) is 15.1. The van der Waals surface area contributed by atoms with Gasteiger partial charge in [-0.25, -0.2) is 9.69 Å².